The molecule has 0 bridgehead atoms. The number of carbonyl (C=O) groups excluding carboxylic acids is 1. The molecule has 5 nitrogen and oxygen atoms in total. The third-order valence-electron chi connectivity index (χ3n) is 3.82. The van der Waals surface area contributed by atoms with Gasteiger partial charge in [-0.25, -0.2) is 0 Å². The van der Waals surface area contributed by atoms with Gasteiger partial charge in [0, 0.05) is 18.4 Å². The average molecular weight is 225 g/mol. The maximum Gasteiger partial charge on any atom is 0.223 e. The van der Waals surface area contributed by atoms with Gasteiger partial charge in [0.2, 0.25) is 5.91 Å². The molecule has 0 heterocycles. The van der Waals surface area contributed by atoms with Crippen LogP contribution in [0.15, 0.2) is 5.16 Å². The molecule has 0 aromatic carbocycles. The van der Waals surface area contributed by atoms with Crippen molar-refractivity contribution in [3.63, 3.8) is 0 Å². The first-order chi connectivity index (χ1) is 7.61. The van der Waals surface area contributed by atoms with Gasteiger partial charge >= 0.3 is 0 Å². The molecule has 0 aromatic heterocycles. The summed E-state index contributed by atoms with van der Waals surface area (Å²) in [7, 11) is 0. The minimum Gasteiger partial charge on any atom is -0.409 e. The summed E-state index contributed by atoms with van der Waals surface area (Å²) in [6.45, 7) is 2.27. The number of hydrogen-bond donors (Lipinski definition) is 3. The van der Waals surface area contributed by atoms with Gasteiger partial charge in [-0.3, -0.25) is 4.79 Å². The van der Waals surface area contributed by atoms with Crippen LogP contribution in [0.5, 0.6) is 0 Å². The van der Waals surface area contributed by atoms with Crippen molar-refractivity contribution in [3.8, 4) is 0 Å². The highest BCUT2D eigenvalue weighted by atomic mass is 16.4. The highest BCUT2D eigenvalue weighted by Crippen LogP contribution is 2.54. The molecule has 1 amide bonds. The summed E-state index contributed by atoms with van der Waals surface area (Å²) >= 11 is 0. The standard InChI is InChI=1S/C11H19N3O2/c1-6(10(12)14-16)5-13-11(15)9-3-7-2-8(7)4-9/h6-9,16H,2-5H2,1H3,(H2,12,14)(H,13,15). The Kier molecular flexibility index (Phi) is 3.03. The van der Waals surface area contributed by atoms with Gasteiger partial charge in [0.1, 0.15) is 5.84 Å². The van der Waals surface area contributed by atoms with E-state index in [0.717, 1.165) is 24.7 Å². The van der Waals surface area contributed by atoms with Gasteiger partial charge in [-0.05, 0) is 31.1 Å². The summed E-state index contributed by atoms with van der Waals surface area (Å²) in [6.07, 6.45) is 3.42. The number of carbonyl (C=O) groups is 1. The van der Waals surface area contributed by atoms with Crippen LogP contribution < -0.4 is 11.1 Å². The van der Waals surface area contributed by atoms with E-state index in [0.29, 0.717) is 6.54 Å². The molecular formula is C11H19N3O2. The number of oxime groups is 1. The van der Waals surface area contributed by atoms with Gasteiger partial charge in [-0.15, -0.1) is 0 Å². The maximum absolute atomic E-state index is 11.8. The number of rotatable bonds is 4. The van der Waals surface area contributed by atoms with E-state index in [2.05, 4.69) is 10.5 Å². The van der Waals surface area contributed by atoms with Crippen molar-refractivity contribution in [1.82, 2.24) is 5.32 Å². The first kappa shape index (κ1) is 11.2. The second-order valence-corrected chi connectivity index (χ2v) is 5.10. The number of nitrogens with zero attached hydrogens (tertiary/aromatic N) is 1. The summed E-state index contributed by atoms with van der Waals surface area (Å²) in [6, 6.07) is 0. The summed E-state index contributed by atoms with van der Waals surface area (Å²) in [5, 5.41) is 14.3. The molecule has 4 N–H and O–H groups in total. The predicted molar refractivity (Wildman–Crippen MR) is 59.9 cm³/mol. The first-order valence-electron chi connectivity index (χ1n) is 5.87. The van der Waals surface area contributed by atoms with Gasteiger partial charge in [0.15, 0.2) is 0 Å². The molecule has 0 aromatic rings. The van der Waals surface area contributed by atoms with E-state index in [1.807, 2.05) is 6.92 Å². The molecule has 2 aliphatic rings. The number of fused-ring (bicyclic) bond motifs is 1. The highest BCUT2D eigenvalue weighted by molar-refractivity contribution is 5.83. The third-order valence-corrected chi connectivity index (χ3v) is 3.82. The van der Waals surface area contributed by atoms with E-state index in [1.165, 1.54) is 6.42 Å². The van der Waals surface area contributed by atoms with Crippen molar-refractivity contribution >= 4 is 11.7 Å². The molecule has 5 heteroatoms. The zero-order valence-electron chi connectivity index (χ0n) is 9.52. The molecule has 0 saturated heterocycles. The molecule has 0 spiro atoms. The largest absolute Gasteiger partial charge is 0.409 e. The Morgan fingerprint density at radius 3 is 2.69 bits per heavy atom. The van der Waals surface area contributed by atoms with Crippen LogP contribution in [0.2, 0.25) is 0 Å². The second kappa shape index (κ2) is 4.31. The van der Waals surface area contributed by atoms with Crippen LogP contribution in [0.25, 0.3) is 0 Å². The van der Waals surface area contributed by atoms with Crippen molar-refractivity contribution < 1.29 is 10.0 Å². The molecule has 3 unspecified atom stereocenters. The summed E-state index contributed by atoms with van der Waals surface area (Å²) in [5.41, 5.74) is 5.43. The van der Waals surface area contributed by atoms with Gasteiger partial charge < -0.3 is 16.3 Å². The van der Waals surface area contributed by atoms with Crippen molar-refractivity contribution in [2.75, 3.05) is 6.54 Å². The predicted octanol–water partition coefficient (Wildman–Crippen LogP) is 0.531. The fraction of sp³-hybridized carbons (Fsp3) is 0.818. The molecule has 0 aliphatic heterocycles. The van der Waals surface area contributed by atoms with E-state index in [-0.39, 0.29) is 23.6 Å². The lowest BCUT2D eigenvalue weighted by atomic mass is 10.0. The lowest BCUT2D eigenvalue weighted by Crippen LogP contribution is -2.37. The summed E-state index contributed by atoms with van der Waals surface area (Å²) < 4.78 is 0. The third kappa shape index (κ3) is 2.28. The van der Waals surface area contributed by atoms with E-state index in [1.54, 1.807) is 0 Å². The summed E-state index contributed by atoms with van der Waals surface area (Å²) in [5.74, 6) is 2.00. The Morgan fingerprint density at radius 2 is 2.12 bits per heavy atom. The van der Waals surface area contributed by atoms with Crippen LogP contribution in [0, 0.1) is 23.7 Å². The van der Waals surface area contributed by atoms with Crippen molar-refractivity contribution in [2.45, 2.75) is 26.2 Å². The Morgan fingerprint density at radius 1 is 1.50 bits per heavy atom. The van der Waals surface area contributed by atoms with Gasteiger partial charge in [0.25, 0.3) is 0 Å². The van der Waals surface area contributed by atoms with E-state index >= 15 is 0 Å². The quantitative estimate of drug-likeness (QED) is 0.282. The zero-order valence-corrected chi connectivity index (χ0v) is 9.52. The van der Waals surface area contributed by atoms with Crippen LogP contribution in [-0.2, 0) is 4.79 Å². The molecular weight excluding hydrogens is 206 g/mol. The number of amides is 1. The number of nitrogens with one attached hydrogen (secondary N) is 1. The zero-order chi connectivity index (χ0) is 11.7. The maximum atomic E-state index is 11.8. The normalized spacial score (nSPS) is 34.3. The van der Waals surface area contributed by atoms with Crippen molar-refractivity contribution in [2.24, 2.45) is 34.6 Å². The van der Waals surface area contributed by atoms with Crippen LogP contribution in [0.4, 0.5) is 0 Å². The van der Waals surface area contributed by atoms with Crippen molar-refractivity contribution in [1.29, 1.82) is 0 Å². The summed E-state index contributed by atoms with van der Waals surface area (Å²) in [4.78, 5) is 11.8. The molecule has 3 atom stereocenters. The van der Waals surface area contributed by atoms with Gasteiger partial charge in [0.05, 0.1) is 0 Å². The Labute approximate surface area is 95.1 Å². The lowest BCUT2D eigenvalue weighted by molar-refractivity contribution is -0.125. The molecule has 2 fully saturated rings. The topological polar surface area (TPSA) is 87.7 Å². The number of amidine groups is 1. The van der Waals surface area contributed by atoms with Crippen LogP contribution in [0.1, 0.15) is 26.2 Å². The Hall–Kier alpha value is -1.26. The molecule has 0 radical (unpaired) electrons. The minimum absolute atomic E-state index is 0.120. The molecule has 16 heavy (non-hydrogen) atoms. The smallest absolute Gasteiger partial charge is 0.223 e. The van der Waals surface area contributed by atoms with Gasteiger partial charge in [-0.2, -0.15) is 0 Å². The van der Waals surface area contributed by atoms with Gasteiger partial charge in [-0.1, -0.05) is 12.1 Å². The van der Waals surface area contributed by atoms with Crippen molar-refractivity contribution in [3.05, 3.63) is 0 Å². The molecule has 2 aliphatic carbocycles. The second-order valence-electron chi connectivity index (χ2n) is 5.10. The minimum atomic E-state index is -0.120. The number of nitrogens with two attached hydrogens (primary N) is 1. The first-order valence-corrected chi connectivity index (χ1v) is 5.87. The Balaban J connectivity index is 1.71. The van der Waals surface area contributed by atoms with Crippen LogP contribution in [0.3, 0.4) is 0 Å². The van der Waals surface area contributed by atoms with E-state index in [4.69, 9.17) is 10.9 Å². The van der Waals surface area contributed by atoms with Crippen LogP contribution in [-0.4, -0.2) is 23.5 Å². The monoisotopic (exact) mass is 225 g/mol. The van der Waals surface area contributed by atoms with E-state index in [9.17, 15) is 4.79 Å². The lowest BCUT2D eigenvalue weighted by Gasteiger charge is -2.15. The number of hydrogen-bond acceptors (Lipinski definition) is 3. The molecule has 90 valence electrons. The molecule has 2 rings (SSSR count). The Bertz CT molecular complexity index is 306. The van der Waals surface area contributed by atoms with E-state index < -0.39 is 0 Å². The fourth-order valence-corrected chi connectivity index (χ4v) is 2.53. The average Bonchev–Trinajstić information content (AvgIpc) is 2.91. The highest BCUT2D eigenvalue weighted by Gasteiger charge is 2.47. The fourth-order valence-electron chi connectivity index (χ4n) is 2.53. The molecule has 2 saturated carbocycles. The van der Waals surface area contributed by atoms with Crippen LogP contribution >= 0.6 is 0 Å². The SMILES string of the molecule is CC(CNC(=O)C1CC2CC2C1)C(N)=NO.